The molecule has 0 aliphatic carbocycles. The van der Waals surface area contributed by atoms with Crippen LogP contribution in [0.4, 0.5) is 5.82 Å². The summed E-state index contributed by atoms with van der Waals surface area (Å²) in [4.78, 5) is 27.5. The minimum atomic E-state index is -0.148. The second kappa shape index (κ2) is 8.52. The molecule has 0 saturated heterocycles. The minimum Gasteiger partial charge on any atom is -0.366 e. The SMILES string of the molecule is CCc1cc(=O)[nH]c(-c2ccc(NCc3ccc(Cn4ccnc4)cc3)nc2)n1. The number of hydrogen-bond donors (Lipinski definition) is 2. The quantitative estimate of drug-likeness (QED) is 0.509. The first-order valence-electron chi connectivity index (χ1n) is 9.53. The largest absolute Gasteiger partial charge is 0.366 e. The summed E-state index contributed by atoms with van der Waals surface area (Å²) in [7, 11) is 0. The fourth-order valence-electron chi connectivity index (χ4n) is 3.01. The molecule has 29 heavy (non-hydrogen) atoms. The number of imidazole rings is 1. The molecule has 146 valence electrons. The van der Waals surface area contributed by atoms with Gasteiger partial charge in [-0.2, -0.15) is 0 Å². The molecular formula is C22H22N6O. The van der Waals surface area contributed by atoms with Gasteiger partial charge in [0.25, 0.3) is 5.56 Å². The summed E-state index contributed by atoms with van der Waals surface area (Å²) in [6, 6.07) is 13.8. The number of nitrogens with zero attached hydrogens (tertiary/aromatic N) is 4. The van der Waals surface area contributed by atoms with Crippen LogP contribution in [-0.4, -0.2) is 24.5 Å². The van der Waals surface area contributed by atoms with E-state index in [-0.39, 0.29) is 5.56 Å². The van der Waals surface area contributed by atoms with Crippen LogP contribution in [0, 0.1) is 0 Å². The molecule has 0 bridgehead atoms. The zero-order chi connectivity index (χ0) is 20.1. The van der Waals surface area contributed by atoms with Gasteiger partial charge in [-0.25, -0.2) is 15.0 Å². The molecule has 0 radical (unpaired) electrons. The summed E-state index contributed by atoms with van der Waals surface area (Å²) in [6.45, 7) is 3.46. The van der Waals surface area contributed by atoms with Crippen LogP contribution in [0.15, 0.2) is 72.2 Å². The third kappa shape index (κ3) is 4.76. The number of nitrogens with one attached hydrogen (secondary N) is 2. The molecule has 3 aromatic heterocycles. The third-order valence-corrected chi connectivity index (χ3v) is 4.61. The predicted molar refractivity (Wildman–Crippen MR) is 113 cm³/mol. The van der Waals surface area contributed by atoms with Crippen LogP contribution < -0.4 is 10.9 Å². The molecule has 3 heterocycles. The highest BCUT2D eigenvalue weighted by Crippen LogP contribution is 2.16. The summed E-state index contributed by atoms with van der Waals surface area (Å²) < 4.78 is 2.04. The topological polar surface area (TPSA) is 88.5 Å². The van der Waals surface area contributed by atoms with Crippen LogP contribution >= 0.6 is 0 Å². The van der Waals surface area contributed by atoms with E-state index in [9.17, 15) is 4.79 Å². The first-order chi connectivity index (χ1) is 14.2. The van der Waals surface area contributed by atoms with E-state index in [4.69, 9.17) is 0 Å². The van der Waals surface area contributed by atoms with Gasteiger partial charge in [-0.05, 0) is 29.7 Å². The number of aromatic amines is 1. The molecule has 0 aliphatic heterocycles. The van der Waals surface area contributed by atoms with Gasteiger partial charge in [0, 0.05) is 49.0 Å². The van der Waals surface area contributed by atoms with Crippen molar-refractivity contribution in [3.63, 3.8) is 0 Å². The average molecular weight is 386 g/mol. The molecule has 7 heteroatoms. The number of hydrogen-bond acceptors (Lipinski definition) is 5. The van der Waals surface area contributed by atoms with Gasteiger partial charge in [-0.15, -0.1) is 0 Å². The molecule has 1 aromatic carbocycles. The van der Waals surface area contributed by atoms with E-state index in [1.807, 2.05) is 36.1 Å². The summed E-state index contributed by atoms with van der Waals surface area (Å²) in [6.07, 6.45) is 7.98. The van der Waals surface area contributed by atoms with Gasteiger partial charge in [-0.3, -0.25) is 4.79 Å². The Balaban J connectivity index is 1.38. The lowest BCUT2D eigenvalue weighted by Gasteiger charge is -2.08. The summed E-state index contributed by atoms with van der Waals surface area (Å²) >= 11 is 0. The molecule has 4 rings (SSSR count). The molecule has 4 aromatic rings. The number of pyridine rings is 1. The maximum Gasteiger partial charge on any atom is 0.251 e. The first-order valence-corrected chi connectivity index (χ1v) is 9.53. The normalized spacial score (nSPS) is 10.8. The van der Waals surface area contributed by atoms with Gasteiger partial charge in [-0.1, -0.05) is 31.2 Å². The second-order valence-electron chi connectivity index (χ2n) is 6.78. The molecule has 0 amide bonds. The van der Waals surface area contributed by atoms with Crippen LogP contribution in [0.5, 0.6) is 0 Å². The zero-order valence-electron chi connectivity index (χ0n) is 16.2. The molecule has 0 fully saturated rings. The van der Waals surface area contributed by atoms with Crippen molar-refractivity contribution in [1.29, 1.82) is 0 Å². The van der Waals surface area contributed by atoms with Gasteiger partial charge >= 0.3 is 0 Å². The third-order valence-electron chi connectivity index (χ3n) is 4.61. The standard InChI is InChI=1S/C22H22N6O/c1-2-19-11-21(29)27-22(26-19)18-7-8-20(25-13-18)24-12-16-3-5-17(6-4-16)14-28-10-9-23-15-28/h3-11,13,15H,2,12,14H2,1H3,(H,24,25)(H,26,27,29). The zero-order valence-corrected chi connectivity index (χ0v) is 16.2. The maximum atomic E-state index is 11.7. The molecule has 0 aliphatic rings. The van der Waals surface area contributed by atoms with Crippen LogP contribution in [-0.2, 0) is 19.5 Å². The monoisotopic (exact) mass is 386 g/mol. The van der Waals surface area contributed by atoms with E-state index >= 15 is 0 Å². The fraction of sp³-hybridized carbons (Fsp3) is 0.182. The molecule has 0 atom stereocenters. The summed E-state index contributed by atoms with van der Waals surface area (Å²) in [5.41, 5.74) is 3.80. The highest BCUT2D eigenvalue weighted by molar-refractivity contribution is 5.55. The van der Waals surface area contributed by atoms with E-state index in [0.29, 0.717) is 18.8 Å². The van der Waals surface area contributed by atoms with Crippen molar-refractivity contribution in [3.05, 3.63) is 94.6 Å². The van der Waals surface area contributed by atoms with E-state index in [1.165, 1.54) is 17.2 Å². The lowest BCUT2D eigenvalue weighted by atomic mass is 10.1. The number of rotatable bonds is 7. The van der Waals surface area contributed by atoms with E-state index in [1.54, 1.807) is 12.4 Å². The lowest BCUT2D eigenvalue weighted by molar-refractivity contribution is 0.797. The van der Waals surface area contributed by atoms with Crippen LogP contribution in [0.1, 0.15) is 23.7 Å². The Kier molecular flexibility index (Phi) is 5.47. The highest BCUT2D eigenvalue weighted by atomic mass is 16.1. The number of H-pyrrole nitrogens is 1. The second-order valence-corrected chi connectivity index (χ2v) is 6.78. The summed E-state index contributed by atoms with van der Waals surface area (Å²) in [5, 5.41) is 3.32. The Morgan fingerprint density at radius 3 is 2.62 bits per heavy atom. The molecular weight excluding hydrogens is 364 g/mol. The van der Waals surface area contributed by atoms with Crippen molar-refractivity contribution in [2.45, 2.75) is 26.4 Å². The van der Waals surface area contributed by atoms with Gasteiger partial charge in [0.1, 0.15) is 11.6 Å². The van der Waals surface area contributed by atoms with Crippen LogP contribution in [0.3, 0.4) is 0 Å². The maximum absolute atomic E-state index is 11.7. The van der Waals surface area contributed by atoms with Crippen molar-refractivity contribution in [2.24, 2.45) is 0 Å². The van der Waals surface area contributed by atoms with Crippen molar-refractivity contribution in [1.82, 2.24) is 24.5 Å². The van der Waals surface area contributed by atoms with Gasteiger partial charge in [0.05, 0.1) is 6.33 Å². The smallest absolute Gasteiger partial charge is 0.251 e. The van der Waals surface area contributed by atoms with Crippen molar-refractivity contribution in [2.75, 3.05) is 5.32 Å². The number of aryl methyl sites for hydroxylation is 1. The average Bonchev–Trinajstić information content (AvgIpc) is 3.26. The minimum absolute atomic E-state index is 0.148. The molecule has 2 N–H and O–H groups in total. The fourth-order valence-corrected chi connectivity index (χ4v) is 3.01. The van der Waals surface area contributed by atoms with Gasteiger partial charge < -0.3 is 14.9 Å². The Bertz CT molecular complexity index is 1120. The van der Waals surface area contributed by atoms with Crippen molar-refractivity contribution in [3.8, 4) is 11.4 Å². The molecule has 0 unspecified atom stereocenters. The summed E-state index contributed by atoms with van der Waals surface area (Å²) in [5.74, 6) is 1.31. The Morgan fingerprint density at radius 1 is 1.10 bits per heavy atom. The van der Waals surface area contributed by atoms with E-state index < -0.39 is 0 Å². The van der Waals surface area contributed by atoms with Gasteiger partial charge in [0.2, 0.25) is 0 Å². The van der Waals surface area contributed by atoms with Crippen molar-refractivity contribution < 1.29 is 0 Å². The highest BCUT2D eigenvalue weighted by Gasteiger charge is 2.05. The number of benzene rings is 1. The molecule has 7 nitrogen and oxygen atoms in total. The van der Waals surface area contributed by atoms with Crippen LogP contribution in [0.2, 0.25) is 0 Å². The Labute approximate surface area is 168 Å². The van der Waals surface area contributed by atoms with Crippen molar-refractivity contribution >= 4 is 5.82 Å². The van der Waals surface area contributed by atoms with E-state index in [2.05, 4.69) is 49.5 Å². The number of aromatic nitrogens is 5. The first kappa shape index (κ1) is 18.6. The van der Waals surface area contributed by atoms with Gasteiger partial charge in [0.15, 0.2) is 0 Å². The number of anilines is 1. The molecule has 0 saturated carbocycles. The van der Waals surface area contributed by atoms with E-state index in [0.717, 1.165) is 23.6 Å². The predicted octanol–water partition coefficient (Wildman–Crippen LogP) is 3.25. The Morgan fingerprint density at radius 2 is 1.93 bits per heavy atom. The lowest BCUT2D eigenvalue weighted by Crippen LogP contribution is -2.10. The molecule has 0 spiro atoms. The Hall–Kier alpha value is -3.74. The van der Waals surface area contributed by atoms with Crippen LogP contribution in [0.25, 0.3) is 11.4 Å².